The second-order valence-electron chi connectivity index (χ2n) is 6.50. The van der Waals surface area contributed by atoms with E-state index in [0.717, 1.165) is 4.90 Å². The Morgan fingerprint density at radius 3 is 2.66 bits per heavy atom. The molecule has 0 aliphatic carbocycles. The molecule has 150 valence electrons. The van der Waals surface area contributed by atoms with Crippen LogP contribution in [0.2, 0.25) is 0 Å². The van der Waals surface area contributed by atoms with Gasteiger partial charge in [-0.15, -0.1) is 0 Å². The van der Waals surface area contributed by atoms with Crippen molar-refractivity contribution in [1.82, 2.24) is 10.2 Å². The number of carbonyl (C=O) groups excluding carboxylic acids is 3. The lowest BCUT2D eigenvalue weighted by molar-refractivity contribution is -0.385. The molecule has 0 saturated carbocycles. The standard InChI is InChI=1S/C19H18N4O6/c1-19(12-6-5-7-13(10-12)23(27)28)17(25)22(18(26)21-19)11-16(24)20-14-8-3-4-9-15(14)29-2/h3-10H,11H2,1-2H3,(H,20,24)(H,21,26). The van der Waals surface area contributed by atoms with Crippen molar-refractivity contribution in [3.63, 3.8) is 0 Å². The number of para-hydroxylation sites is 2. The summed E-state index contributed by atoms with van der Waals surface area (Å²) in [6, 6.07) is 11.4. The molecular formula is C19H18N4O6. The van der Waals surface area contributed by atoms with Gasteiger partial charge in [0.1, 0.15) is 17.8 Å². The van der Waals surface area contributed by atoms with Gasteiger partial charge in [-0.2, -0.15) is 0 Å². The van der Waals surface area contributed by atoms with Crippen molar-refractivity contribution < 1.29 is 24.0 Å². The highest BCUT2D eigenvalue weighted by Crippen LogP contribution is 2.31. The maximum Gasteiger partial charge on any atom is 0.325 e. The van der Waals surface area contributed by atoms with Gasteiger partial charge in [0.05, 0.1) is 17.7 Å². The molecule has 4 amide bonds. The quantitative estimate of drug-likeness (QED) is 0.435. The van der Waals surface area contributed by atoms with E-state index in [0.29, 0.717) is 11.4 Å². The first-order valence-corrected chi connectivity index (χ1v) is 8.58. The Morgan fingerprint density at radius 1 is 1.24 bits per heavy atom. The minimum atomic E-state index is -1.52. The predicted molar refractivity (Wildman–Crippen MR) is 102 cm³/mol. The number of non-ortho nitro benzene ring substituents is 1. The number of nitrogens with zero attached hydrogens (tertiary/aromatic N) is 2. The first-order chi connectivity index (χ1) is 13.8. The molecule has 0 bridgehead atoms. The number of methoxy groups -OCH3 is 1. The summed E-state index contributed by atoms with van der Waals surface area (Å²) in [5.41, 5.74) is -1.09. The number of urea groups is 1. The van der Waals surface area contributed by atoms with Crippen molar-refractivity contribution in [1.29, 1.82) is 0 Å². The lowest BCUT2D eigenvalue weighted by Gasteiger charge is -2.22. The second-order valence-corrected chi connectivity index (χ2v) is 6.50. The number of hydrogen-bond acceptors (Lipinski definition) is 6. The van der Waals surface area contributed by atoms with Crippen LogP contribution in [-0.2, 0) is 15.1 Å². The van der Waals surface area contributed by atoms with Crippen molar-refractivity contribution in [2.24, 2.45) is 0 Å². The summed E-state index contributed by atoms with van der Waals surface area (Å²) in [6.07, 6.45) is 0. The third-order valence-corrected chi connectivity index (χ3v) is 4.59. The summed E-state index contributed by atoms with van der Waals surface area (Å²) in [5, 5.41) is 16.1. The van der Waals surface area contributed by atoms with Gasteiger partial charge in [0, 0.05) is 12.1 Å². The normalized spacial score (nSPS) is 18.3. The van der Waals surface area contributed by atoms with Crippen LogP contribution in [0.1, 0.15) is 12.5 Å². The minimum Gasteiger partial charge on any atom is -0.495 e. The molecule has 1 heterocycles. The zero-order valence-corrected chi connectivity index (χ0v) is 15.7. The molecule has 1 aliphatic rings. The van der Waals surface area contributed by atoms with Gasteiger partial charge in [-0.3, -0.25) is 24.6 Å². The molecule has 3 rings (SSSR count). The van der Waals surface area contributed by atoms with E-state index in [1.54, 1.807) is 24.3 Å². The van der Waals surface area contributed by atoms with Crippen LogP contribution in [0.4, 0.5) is 16.2 Å². The van der Waals surface area contributed by atoms with E-state index in [1.165, 1.54) is 38.3 Å². The summed E-state index contributed by atoms with van der Waals surface area (Å²) in [7, 11) is 1.45. The fourth-order valence-corrected chi connectivity index (χ4v) is 3.05. The molecule has 1 saturated heterocycles. The molecule has 1 fully saturated rings. The minimum absolute atomic E-state index is 0.210. The number of nitrogens with one attached hydrogen (secondary N) is 2. The van der Waals surface area contributed by atoms with Crippen molar-refractivity contribution in [3.05, 3.63) is 64.2 Å². The Kier molecular flexibility index (Phi) is 5.18. The van der Waals surface area contributed by atoms with Gasteiger partial charge in [-0.05, 0) is 24.6 Å². The van der Waals surface area contributed by atoms with Gasteiger partial charge in [-0.25, -0.2) is 4.79 Å². The molecule has 1 aliphatic heterocycles. The third kappa shape index (κ3) is 3.72. The highest BCUT2D eigenvalue weighted by molar-refractivity contribution is 6.10. The average molecular weight is 398 g/mol. The molecular weight excluding hydrogens is 380 g/mol. The molecule has 1 atom stereocenters. The van der Waals surface area contributed by atoms with Crippen LogP contribution in [0, 0.1) is 10.1 Å². The predicted octanol–water partition coefficient (Wildman–Crippen LogP) is 2.01. The van der Waals surface area contributed by atoms with Gasteiger partial charge >= 0.3 is 6.03 Å². The largest absolute Gasteiger partial charge is 0.495 e. The number of carbonyl (C=O) groups is 3. The molecule has 10 nitrogen and oxygen atoms in total. The van der Waals surface area contributed by atoms with E-state index in [-0.39, 0.29) is 11.3 Å². The number of ether oxygens (including phenoxy) is 1. The van der Waals surface area contributed by atoms with Crippen molar-refractivity contribution in [2.45, 2.75) is 12.5 Å². The highest BCUT2D eigenvalue weighted by Gasteiger charge is 2.49. The van der Waals surface area contributed by atoms with Crippen molar-refractivity contribution in [3.8, 4) is 5.75 Å². The molecule has 2 aromatic rings. The first-order valence-electron chi connectivity index (χ1n) is 8.58. The molecule has 0 radical (unpaired) electrons. The average Bonchev–Trinajstić information content (AvgIpc) is 2.92. The first kappa shape index (κ1) is 19.8. The van der Waals surface area contributed by atoms with Crippen molar-refractivity contribution >= 4 is 29.2 Å². The Labute approximate surface area is 165 Å². The number of anilines is 1. The van der Waals surface area contributed by atoms with Crippen LogP contribution in [0.15, 0.2) is 48.5 Å². The van der Waals surface area contributed by atoms with E-state index < -0.39 is 34.9 Å². The smallest absolute Gasteiger partial charge is 0.325 e. The second kappa shape index (κ2) is 7.58. The molecule has 0 aromatic heterocycles. The summed E-state index contributed by atoms with van der Waals surface area (Å²) < 4.78 is 5.15. The number of hydrogen-bond donors (Lipinski definition) is 2. The molecule has 2 N–H and O–H groups in total. The van der Waals surface area contributed by atoms with Crippen molar-refractivity contribution in [2.75, 3.05) is 19.0 Å². The van der Waals surface area contributed by atoms with Crippen LogP contribution >= 0.6 is 0 Å². The van der Waals surface area contributed by atoms with E-state index in [2.05, 4.69) is 10.6 Å². The van der Waals surface area contributed by atoms with Crippen LogP contribution in [0.3, 0.4) is 0 Å². The monoisotopic (exact) mass is 398 g/mol. The Bertz CT molecular complexity index is 1010. The summed E-state index contributed by atoms with van der Waals surface area (Å²) in [4.78, 5) is 48.8. The van der Waals surface area contributed by atoms with Gasteiger partial charge in [0.25, 0.3) is 11.6 Å². The maximum atomic E-state index is 12.9. The zero-order valence-electron chi connectivity index (χ0n) is 15.7. The summed E-state index contributed by atoms with van der Waals surface area (Å²) in [5.74, 6) is -0.848. The van der Waals surface area contributed by atoms with E-state index in [1.807, 2.05) is 0 Å². The van der Waals surface area contributed by atoms with E-state index in [4.69, 9.17) is 4.74 Å². The van der Waals surface area contributed by atoms with E-state index in [9.17, 15) is 24.5 Å². The van der Waals surface area contributed by atoms with Gasteiger partial charge in [0.2, 0.25) is 5.91 Å². The van der Waals surface area contributed by atoms with Crippen LogP contribution in [0.5, 0.6) is 5.75 Å². The van der Waals surface area contributed by atoms with Crippen LogP contribution < -0.4 is 15.4 Å². The lowest BCUT2D eigenvalue weighted by atomic mass is 9.91. The molecule has 29 heavy (non-hydrogen) atoms. The Balaban J connectivity index is 1.79. The summed E-state index contributed by atoms with van der Waals surface area (Å²) in [6.45, 7) is 0.914. The molecule has 10 heteroatoms. The number of benzene rings is 2. The van der Waals surface area contributed by atoms with Crippen LogP contribution in [0.25, 0.3) is 0 Å². The number of nitro groups is 1. The fraction of sp³-hybridized carbons (Fsp3) is 0.211. The fourth-order valence-electron chi connectivity index (χ4n) is 3.05. The molecule has 1 unspecified atom stereocenters. The number of amides is 4. The summed E-state index contributed by atoms with van der Waals surface area (Å²) >= 11 is 0. The zero-order chi connectivity index (χ0) is 21.2. The number of nitro benzene ring substituents is 1. The van der Waals surface area contributed by atoms with Gasteiger partial charge < -0.3 is 15.4 Å². The molecule has 0 spiro atoms. The Hall–Kier alpha value is -3.95. The Morgan fingerprint density at radius 2 is 1.97 bits per heavy atom. The number of rotatable bonds is 6. The van der Waals surface area contributed by atoms with Gasteiger partial charge in [0.15, 0.2) is 0 Å². The molecule has 2 aromatic carbocycles. The third-order valence-electron chi connectivity index (χ3n) is 4.59. The topological polar surface area (TPSA) is 131 Å². The maximum absolute atomic E-state index is 12.9. The van der Waals surface area contributed by atoms with E-state index >= 15 is 0 Å². The lowest BCUT2D eigenvalue weighted by Crippen LogP contribution is -2.42. The SMILES string of the molecule is COc1ccccc1NC(=O)CN1C(=O)NC(C)(c2cccc([N+](=O)[O-])c2)C1=O. The number of imide groups is 1. The van der Waals surface area contributed by atoms with Crippen LogP contribution in [-0.4, -0.2) is 41.3 Å². The highest BCUT2D eigenvalue weighted by atomic mass is 16.6. The van der Waals surface area contributed by atoms with Gasteiger partial charge in [-0.1, -0.05) is 24.3 Å².